The van der Waals surface area contributed by atoms with E-state index in [0.29, 0.717) is 16.1 Å². The predicted octanol–water partition coefficient (Wildman–Crippen LogP) is 4.70. The van der Waals surface area contributed by atoms with Crippen LogP contribution in [0.2, 0.25) is 0 Å². The SMILES string of the molecule is Cc1cc(Nc2nc(Br)cn3c(-c4cnn(C)c4)cnc23)sn1.Cn1cc(-c2cnc3c(S(C)(=O)=O)nc(Br)cn23)cn1. The number of anilines is 2. The molecule has 0 unspecified atom stereocenters. The monoisotopic (exact) mass is 744 g/mol. The van der Waals surface area contributed by atoms with Crippen molar-refractivity contribution >= 4 is 75.3 Å². The van der Waals surface area contributed by atoms with Crippen molar-refractivity contribution in [1.29, 1.82) is 0 Å². The summed E-state index contributed by atoms with van der Waals surface area (Å²) >= 11 is 8.09. The molecule has 0 atom stereocenters. The molecule has 220 valence electrons. The average molecular weight is 746 g/mol. The second-order valence-corrected chi connectivity index (χ2v) is 13.9. The van der Waals surface area contributed by atoms with Gasteiger partial charge in [0.05, 0.1) is 41.9 Å². The number of nitrogens with one attached hydrogen (secondary N) is 1. The van der Waals surface area contributed by atoms with Crippen LogP contribution in [0.3, 0.4) is 0 Å². The Kier molecular flexibility index (Phi) is 7.61. The van der Waals surface area contributed by atoms with Crippen LogP contribution in [0.15, 0.2) is 69.9 Å². The maximum absolute atomic E-state index is 11.8. The Morgan fingerprint density at radius 1 is 0.814 bits per heavy atom. The van der Waals surface area contributed by atoms with Crippen molar-refractivity contribution in [1.82, 2.24) is 52.7 Å². The largest absolute Gasteiger partial charge is 0.328 e. The Balaban J connectivity index is 0.000000155. The minimum absolute atomic E-state index is 0.0537. The van der Waals surface area contributed by atoms with Crippen LogP contribution in [-0.2, 0) is 23.9 Å². The second-order valence-electron chi connectivity index (χ2n) is 9.49. The fourth-order valence-electron chi connectivity index (χ4n) is 4.30. The van der Waals surface area contributed by atoms with E-state index in [2.05, 4.69) is 71.7 Å². The van der Waals surface area contributed by atoms with Crippen LogP contribution >= 0.6 is 43.4 Å². The number of hydrogen-bond donors (Lipinski definition) is 1. The molecule has 14 nitrogen and oxygen atoms in total. The van der Waals surface area contributed by atoms with E-state index in [1.54, 1.807) is 32.4 Å². The minimum atomic E-state index is -3.46. The zero-order valence-corrected chi connectivity index (χ0v) is 27.8. The van der Waals surface area contributed by atoms with Gasteiger partial charge in [-0.2, -0.15) is 14.6 Å². The molecule has 0 amide bonds. The van der Waals surface area contributed by atoms with Gasteiger partial charge in [0, 0.05) is 56.3 Å². The highest BCUT2D eigenvalue weighted by atomic mass is 79.9. The molecule has 0 bridgehead atoms. The highest BCUT2D eigenvalue weighted by molar-refractivity contribution is 9.10. The topological polar surface area (TPSA) is 155 Å². The van der Waals surface area contributed by atoms with E-state index in [0.717, 1.165) is 49.7 Å². The van der Waals surface area contributed by atoms with Crippen LogP contribution in [0.25, 0.3) is 33.8 Å². The van der Waals surface area contributed by atoms with Gasteiger partial charge in [0.1, 0.15) is 14.2 Å². The molecule has 1 N–H and O–H groups in total. The normalized spacial score (nSPS) is 11.7. The van der Waals surface area contributed by atoms with Gasteiger partial charge in [-0.3, -0.25) is 18.2 Å². The number of hydrogen-bond acceptors (Lipinski definition) is 11. The van der Waals surface area contributed by atoms with Crippen LogP contribution in [0.4, 0.5) is 10.8 Å². The summed E-state index contributed by atoms with van der Waals surface area (Å²) in [6, 6.07) is 1.98. The highest BCUT2D eigenvalue weighted by Crippen LogP contribution is 2.29. The van der Waals surface area contributed by atoms with E-state index >= 15 is 0 Å². The smallest absolute Gasteiger partial charge is 0.199 e. The molecule has 0 saturated carbocycles. The van der Waals surface area contributed by atoms with Crippen LogP contribution in [0, 0.1) is 6.92 Å². The third-order valence-electron chi connectivity index (χ3n) is 6.12. The van der Waals surface area contributed by atoms with E-state index < -0.39 is 9.84 Å². The number of rotatable bonds is 5. The first-order valence-corrected chi connectivity index (χ1v) is 16.7. The molecule has 43 heavy (non-hydrogen) atoms. The summed E-state index contributed by atoms with van der Waals surface area (Å²) in [5.74, 6) is 0.679. The number of fused-ring (bicyclic) bond motifs is 2. The summed E-state index contributed by atoms with van der Waals surface area (Å²) in [5.41, 5.74) is 5.58. The van der Waals surface area contributed by atoms with Crippen molar-refractivity contribution in [2.75, 3.05) is 11.6 Å². The van der Waals surface area contributed by atoms with Crippen molar-refractivity contribution in [3.63, 3.8) is 0 Å². The standard InChI is InChI=1S/C14H12BrN7S.C11H10BrN5O2S/c1-8-3-12(23-20-8)19-13-14-16-5-10(9-4-17-21(2)6-9)22(14)7-11(15)18-13;1-16-5-7(3-14-16)8-4-13-10-11(20(2,18)19)15-9(12)6-17(8)10/h3-7H,1-2H3,(H,18,19);3-6H,1-2H3. The molecule has 0 aromatic carbocycles. The van der Waals surface area contributed by atoms with Gasteiger partial charge in [-0.15, -0.1) is 0 Å². The Labute approximate surface area is 265 Å². The summed E-state index contributed by atoms with van der Waals surface area (Å²) in [4.78, 5) is 17.2. The van der Waals surface area contributed by atoms with Crippen LogP contribution in [0.5, 0.6) is 0 Å². The molecule has 7 aromatic rings. The highest BCUT2D eigenvalue weighted by Gasteiger charge is 2.20. The predicted molar refractivity (Wildman–Crippen MR) is 169 cm³/mol. The molecule has 0 spiro atoms. The van der Waals surface area contributed by atoms with Crippen molar-refractivity contribution in [2.45, 2.75) is 11.9 Å². The van der Waals surface area contributed by atoms with E-state index in [1.165, 1.54) is 11.5 Å². The fourth-order valence-corrected chi connectivity index (χ4v) is 6.59. The molecule has 0 saturated heterocycles. The quantitative estimate of drug-likeness (QED) is 0.262. The molecule has 0 fully saturated rings. The first-order chi connectivity index (χ1) is 20.5. The van der Waals surface area contributed by atoms with Crippen molar-refractivity contribution in [3.8, 4) is 22.5 Å². The lowest BCUT2D eigenvalue weighted by Gasteiger charge is -2.06. The molecule has 0 aliphatic carbocycles. The molecular formula is C25H22Br2N12O2S2. The van der Waals surface area contributed by atoms with Gasteiger partial charge < -0.3 is 5.32 Å². The third kappa shape index (κ3) is 5.95. The van der Waals surface area contributed by atoms with Gasteiger partial charge in [0.2, 0.25) is 0 Å². The summed E-state index contributed by atoms with van der Waals surface area (Å²) < 4.78 is 36.1. The summed E-state index contributed by atoms with van der Waals surface area (Å²) in [7, 11) is 0.243. The molecule has 0 aliphatic rings. The molecule has 0 aliphatic heterocycles. The Hall–Kier alpha value is -4.00. The molecule has 7 aromatic heterocycles. The number of nitrogens with zero attached hydrogens (tertiary/aromatic N) is 11. The van der Waals surface area contributed by atoms with Gasteiger partial charge in [0.25, 0.3) is 0 Å². The van der Waals surface area contributed by atoms with Crippen molar-refractivity contribution in [2.24, 2.45) is 14.1 Å². The Bertz CT molecular complexity index is 2230. The van der Waals surface area contributed by atoms with E-state index in [4.69, 9.17) is 0 Å². The first-order valence-electron chi connectivity index (χ1n) is 12.4. The number of aromatic nitrogens is 11. The zero-order chi connectivity index (χ0) is 30.5. The Morgan fingerprint density at radius 3 is 1.88 bits per heavy atom. The zero-order valence-electron chi connectivity index (χ0n) is 23.0. The lowest BCUT2D eigenvalue weighted by atomic mass is 10.3. The summed E-state index contributed by atoms with van der Waals surface area (Å²) in [5, 5.41) is 12.5. The third-order valence-corrected chi connectivity index (χ3v) is 8.65. The summed E-state index contributed by atoms with van der Waals surface area (Å²) in [6.45, 7) is 1.96. The van der Waals surface area contributed by atoms with Gasteiger partial charge in [0.15, 0.2) is 32.0 Å². The fraction of sp³-hybridized carbons (Fsp3) is 0.160. The second kappa shape index (κ2) is 11.3. The van der Waals surface area contributed by atoms with Crippen LogP contribution < -0.4 is 5.32 Å². The number of imidazole rings is 2. The van der Waals surface area contributed by atoms with Crippen molar-refractivity contribution < 1.29 is 8.42 Å². The van der Waals surface area contributed by atoms with Gasteiger partial charge in [-0.1, -0.05) is 0 Å². The van der Waals surface area contributed by atoms with Crippen LogP contribution in [-0.4, -0.2) is 67.3 Å². The molecule has 7 heterocycles. The van der Waals surface area contributed by atoms with E-state index in [9.17, 15) is 8.42 Å². The number of sulfone groups is 1. The van der Waals surface area contributed by atoms with E-state index in [-0.39, 0.29) is 5.03 Å². The number of aryl methyl sites for hydroxylation is 3. The summed E-state index contributed by atoms with van der Waals surface area (Å²) in [6.07, 6.45) is 15.4. The number of halogens is 2. The van der Waals surface area contributed by atoms with Gasteiger partial charge >= 0.3 is 0 Å². The van der Waals surface area contributed by atoms with Crippen molar-refractivity contribution in [3.05, 3.63) is 70.5 Å². The Morgan fingerprint density at radius 2 is 1.37 bits per heavy atom. The molecular weight excluding hydrogens is 724 g/mol. The van der Waals surface area contributed by atoms with Gasteiger partial charge in [-0.05, 0) is 56.4 Å². The first kappa shape index (κ1) is 29.1. The van der Waals surface area contributed by atoms with E-state index in [1.807, 2.05) is 62.5 Å². The molecule has 7 rings (SSSR count). The molecule has 18 heteroatoms. The minimum Gasteiger partial charge on any atom is -0.328 e. The maximum Gasteiger partial charge on any atom is 0.199 e. The molecule has 0 radical (unpaired) electrons. The maximum atomic E-state index is 11.8. The average Bonchev–Trinajstić information content (AvgIpc) is 3.75. The van der Waals surface area contributed by atoms with Crippen LogP contribution in [0.1, 0.15) is 5.69 Å². The van der Waals surface area contributed by atoms with Gasteiger partial charge in [-0.25, -0.2) is 28.4 Å². The lowest BCUT2D eigenvalue weighted by Crippen LogP contribution is -2.05. The lowest BCUT2D eigenvalue weighted by molar-refractivity contribution is 0.598.